The Balaban J connectivity index is 2.60. The molecular weight excluding hydrogens is 244 g/mol. The monoisotopic (exact) mass is 264 g/mol. The van der Waals surface area contributed by atoms with Crippen LogP contribution >= 0.6 is 0 Å². The van der Waals surface area contributed by atoms with E-state index < -0.39 is 0 Å². The van der Waals surface area contributed by atoms with E-state index in [1.165, 1.54) is 0 Å². The number of ether oxygens (including phenoxy) is 1. The van der Waals surface area contributed by atoms with Crippen molar-refractivity contribution < 1.29 is 14.6 Å². The van der Waals surface area contributed by atoms with Crippen LogP contribution in [0.4, 0.5) is 5.69 Å². The summed E-state index contributed by atoms with van der Waals surface area (Å²) in [7, 11) is 1.56. The van der Waals surface area contributed by atoms with Crippen LogP contribution in [0.2, 0.25) is 0 Å². The number of rotatable bonds is 8. The van der Waals surface area contributed by atoms with Crippen molar-refractivity contribution in [2.45, 2.75) is 0 Å². The molecule has 0 heterocycles. The molecule has 1 aromatic rings. The minimum absolute atomic E-state index is 0.00970. The summed E-state index contributed by atoms with van der Waals surface area (Å²) in [6, 6.07) is 7.23. The molecule has 0 fully saturated rings. The van der Waals surface area contributed by atoms with Crippen molar-refractivity contribution in [3.8, 4) is 5.75 Å². The zero-order chi connectivity index (χ0) is 14.1. The smallest absolute Gasteiger partial charge is 0.238 e. The molecule has 0 aliphatic carbocycles. The van der Waals surface area contributed by atoms with Crippen molar-refractivity contribution in [3.63, 3.8) is 0 Å². The van der Waals surface area contributed by atoms with Crippen molar-refractivity contribution in [1.29, 1.82) is 0 Å². The molecule has 0 radical (unpaired) electrons. The van der Waals surface area contributed by atoms with Gasteiger partial charge in [-0.1, -0.05) is 18.2 Å². The van der Waals surface area contributed by atoms with Gasteiger partial charge in [-0.15, -0.1) is 6.58 Å². The highest BCUT2D eigenvalue weighted by Gasteiger charge is 2.11. The molecule has 0 atom stereocenters. The molecule has 0 aromatic heterocycles. The summed E-state index contributed by atoms with van der Waals surface area (Å²) in [6.45, 7) is 4.83. The maximum atomic E-state index is 11.9. The summed E-state index contributed by atoms with van der Waals surface area (Å²) in [5.74, 6) is 0.466. The normalized spacial score (nSPS) is 10.3. The van der Waals surface area contributed by atoms with E-state index in [1.54, 1.807) is 30.2 Å². The highest BCUT2D eigenvalue weighted by atomic mass is 16.5. The summed E-state index contributed by atoms with van der Waals surface area (Å²) < 4.78 is 5.16. The first kappa shape index (κ1) is 15.2. The first-order valence-electron chi connectivity index (χ1n) is 6.08. The Morgan fingerprint density at radius 3 is 2.89 bits per heavy atom. The highest BCUT2D eigenvalue weighted by molar-refractivity contribution is 5.93. The first-order chi connectivity index (χ1) is 9.21. The number of hydrogen-bond donors (Lipinski definition) is 2. The minimum atomic E-state index is -0.153. The van der Waals surface area contributed by atoms with Crippen molar-refractivity contribution in [2.75, 3.05) is 38.7 Å². The lowest BCUT2D eigenvalue weighted by Gasteiger charge is -2.19. The zero-order valence-electron chi connectivity index (χ0n) is 11.1. The van der Waals surface area contributed by atoms with Crippen molar-refractivity contribution in [1.82, 2.24) is 4.90 Å². The lowest BCUT2D eigenvalue weighted by Crippen LogP contribution is -2.35. The van der Waals surface area contributed by atoms with Crippen molar-refractivity contribution in [2.24, 2.45) is 0 Å². The van der Waals surface area contributed by atoms with Crippen LogP contribution < -0.4 is 10.1 Å². The third kappa shape index (κ3) is 5.11. The Kier molecular flexibility index (Phi) is 6.63. The second-order valence-corrected chi connectivity index (χ2v) is 4.00. The lowest BCUT2D eigenvalue weighted by atomic mass is 10.3. The Labute approximate surface area is 113 Å². The third-order valence-corrected chi connectivity index (χ3v) is 2.55. The number of carbonyl (C=O) groups is 1. The Bertz CT molecular complexity index is 421. The number of aliphatic hydroxyl groups excluding tert-OH is 1. The SMILES string of the molecule is C=CCN(CCO)CC(=O)Nc1ccccc1OC. The van der Waals surface area contributed by atoms with Gasteiger partial charge in [0.1, 0.15) is 5.75 Å². The predicted molar refractivity (Wildman–Crippen MR) is 75.3 cm³/mol. The number of carbonyl (C=O) groups excluding carboxylic acids is 1. The number of nitrogens with one attached hydrogen (secondary N) is 1. The molecule has 1 aromatic carbocycles. The number of methoxy groups -OCH3 is 1. The fourth-order valence-electron chi connectivity index (χ4n) is 1.70. The van der Waals surface area contributed by atoms with E-state index in [0.29, 0.717) is 24.5 Å². The van der Waals surface area contributed by atoms with Gasteiger partial charge in [0.2, 0.25) is 5.91 Å². The van der Waals surface area contributed by atoms with Gasteiger partial charge in [-0.25, -0.2) is 0 Å². The molecule has 0 spiro atoms. The van der Waals surface area contributed by atoms with Gasteiger partial charge >= 0.3 is 0 Å². The van der Waals surface area contributed by atoms with Gasteiger partial charge in [0.25, 0.3) is 0 Å². The average Bonchev–Trinajstić information content (AvgIpc) is 2.40. The van der Waals surface area contributed by atoms with E-state index in [0.717, 1.165) is 0 Å². The average molecular weight is 264 g/mol. The van der Waals surface area contributed by atoms with Gasteiger partial charge in [0.15, 0.2) is 0 Å². The summed E-state index contributed by atoms with van der Waals surface area (Å²) in [6.07, 6.45) is 1.70. The number of aliphatic hydroxyl groups is 1. The Morgan fingerprint density at radius 1 is 1.53 bits per heavy atom. The molecule has 0 saturated carbocycles. The Hall–Kier alpha value is -1.85. The van der Waals surface area contributed by atoms with Gasteiger partial charge in [-0.3, -0.25) is 9.69 Å². The quantitative estimate of drug-likeness (QED) is 0.691. The summed E-state index contributed by atoms with van der Waals surface area (Å²) in [4.78, 5) is 13.7. The van der Waals surface area contributed by atoms with Crippen LogP contribution in [-0.2, 0) is 4.79 Å². The number of hydrogen-bond acceptors (Lipinski definition) is 4. The summed E-state index contributed by atoms with van der Waals surface area (Å²) >= 11 is 0. The molecule has 104 valence electrons. The van der Waals surface area contributed by atoms with E-state index in [2.05, 4.69) is 11.9 Å². The van der Waals surface area contributed by atoms with Crippen molar-refractivity contribution in [3.05, 3.63) is 36.9 Å². The Morgan fingerprint density at radius 2 is 2.26 bits per heavy atom. The highest BCUT2D eigenvalue weighted by Crippen LogP contribution is 2.22. The van der Waals surface area contributed by atoms with Gasteiger partial charge in [0.05, 0.1) is 25.9 Å². The van der Waals surface area contributed by atoms with E-state index >= 15 is 0 Å². The van der Waals surface area contributed by atoms with Crippen LogP contribution in [0.25, 0.3) is 0 Å². The lowest BCUT2D eigenvalue weighted by molar-refractivity contribution is -0.117. The molecule has 1 rings (SSSR count). The van der Waals surface area contributed by atoms with E-state index in [9.17, 15) is 4.79 Å². The number of anilines is 1. The number of para-hydroxylation sites is 2. The molecule has 0 saturated heterocycles. The number of amides is 1. The van der Waals surface area contributed by atoms with Crippen LogP contribution in [0.5, 0.6) is 5.75 Å². The fraction of sp³-hybridized carbons (Fsp3) is 0.357. The molecule has 0 aliphatic heterocycles. The molecular formula is C14H20N2O3. The third-order valence-electron chi connectivity index (χ3n) is 2.55. The van der Waals surface area contributed by atoms with Crippen LogP contribution in [0.3, 0.4) is 0 Å². The first-order valence-corrected chi connectivity index (χ1v) is 6.08. The molecule has 0 bridgehead atoms. The summed E-state index contributed by atoms with van der Waals surface area (Å²) in [5.41, 5.74) is 0.637. The van der Waals surface area contributed by atoms with Crippen LogP contribution in [0, 0.1) is 0 Å². The fourth-order valence-corrected chi connectivity index (χ4v) is 1.70. The van der Waals surface area contributed by atoms with Gasteiger partial charge in [-0.2, -0.15) is 0 Å². The van der Waals surface area contributed by atoms with Gasteiger partial charge < -0.3 is 15.2 Å². The van der Waals surface area contributed by atoms with E-state index in [1.807, 2.05) is 12.1 Å². The molecule has 2 N–H and O–H groups in total. The van der Waals surface area contributed by atoms with Gasteiger partial charge in [0, 0.05) is 13.1 Å². The van der Waals surface area contributed by atoms with Crippen molar-refractivity contribution >= 4 is 11.6 Å². The topological polar surface area (TPSA) is 61.8 Å². The molecule has 5 heteroatoms. The second-order valence-electron chi connectivity index (χ2n) is 4.00. The molecule has 5 nitrogen and oxygen atoms in total. The number of benzene rings is 1. The molecule has 19 heavy (non-hydrogen) atoms. The van der Waals surface area contributed by atoms with Gasteiger partial charge in [-0.05, 0) is 12.1 Å². The number of nitrogens with zero attached hydrogens (tertiary/aromatic N) is 1. The van der Waals surface area contributed by atoms with Crippen LogP contribution in [0.1, 0.15) is 0 Å². The van der Waals surface area contributed by atoms with Crippen LogP contribution in [0.15, 0.2) is 36.9 Å². The maximum Gasteiger partial charge on any atom is 0.238 e. The molecule has 0 aliphatic rings. The van der Waals surface area contributed by atoms with E-state index in [-0.39, 0.29) is 19.1 Å². The predicted octanol–water partition coefficient (Wildman–Crippen LogP) is 1.11. The maximum absolute atomic E-state index is 11.9. The van der Waals surface area contributed by atoms with E-state index in [4.69, 9.17) is 9.84 Å². The zero-order valence-corrected chi connectivity index (χ0v) is 11.1. The van der Waals surface area contributed by atoms with Crippen LogP contribution in [-0.4, -0.2) is 49.3 Å². The molecule has 0 unspecified atom stereocenters. The summed E-state index contributed by atoms with van der Waals surface area (Å²) in [5, 5.41) is 11.7. The second kappa shape index (κ2) is 8.29. The largest absolute Gasteiger partial charge is 0.495 e. The standard InChI is InChI=1S/C14H20N2O3/c1-3-8-16(9-10-17)11-14(18)15-12-6-4-5-7-13(12)19-2/h3-7,17H,1,8-11H2,2H3,(H,15,18). The minimum Gasteiger partial charge on any atom is -0.495 e. The molecule has 1 amide bonds.